The van der Waals surface area contributed by atoms with Crippen molar-refractivity contribution in [3.63, 3.8) is 0 Å². The van der Waals surface area contributed by atoms with Crippen molar-refractivity contribution in [2.24, 2.45) is 18.4 Å². The number of hydrogen-bond donors (Lipinski definition) is 0. The van der Waals surface area contributed by atoms with Gasteiger partial charge in [0.15, 0.2) is 0 Å². The average Bonchev–Trinajstić information content (AvgIpc) is 2.98. The Morgan fingerprint density at radius 3 is 2.31 bits per heavy atom. The fourth-order valence-electron chi connectivity index (χ4n) is 3.69. The Balaban J connectivity index is 2.83. The summed E-state index contributed by atoms with van der Waals surface area (Å²) in [6.45, 7) is 14.2. The Morgan fingerprint density at radius 1 is 1.17 bits per heavy atom. The van der Waals surface area contributed by atoms with Crippen LogP contribution in [0.5, 0.6) is 0 Å². The van der Waals surface area contributed by atoms with Crippen LogP contribution in [-0.4, -0.2) is 59.0 Å². The van der Waals surface area contributed by atoms with Crippen molar-refractivity contribution >= 4 is 11.8 Å². The largest absolute Gasteiger partial charge is 0.383 e. The summed E-state index contributed by atoms with van der Waals surface area (Å²) in [6, 6.07) is 3.95. The molecule has 0 fully saturated rings. The normalized spacial score (nSPS) is 12.9. The van der Waals surface area contributed by atoms with Crippen molar-refractivity contribution in [2.75, 3.05) is 26.8 Å². The fourth-order valence-corrected chi connectivity index (χ4v) is 3.69. The topological polar surface area (TPSA) is 54.8 Å². The predicted molar refractivity (Wildman–Crippen MR) is 117 cm³/mol. The van der Waals surface area contributed by atoms with Gasteiger partial charge in [-0.3, -0.25) is 9.59 Å². The lowest BCUT2D eigenvalue weighted by atomic mass is 9.84. The number of carbonyl (C=O) groups excluding carboxylic acids is 2. The highest BCUT2D eigenvalue weighted by Gasteiger charge is 2.26. The third-order valence-corrected chi connectivity index (χ3v) is 5.06. The Kier molecular flexibility index (Phi) is 9.90. The van der Waals surface area contributed by atoms with Crippen LogP contribution in [0.3, 0.4) is 0 Å². The molecule has 0 aliphatic rings. The lowest BCUT2D eigenvalue weighted by Gasteiger charge is -2.31. The molecule has 29 heavy (non-hydrogen) atoms. The van der Waals surface area contributed by atoms with Crippen LogP contribution in [0.1, 0.15) is 60.1 Å². The molecule has 0 radical (unpaired) electrons. The van der Waals surface area contributed by atoms with Gasteiger partial charge in [-0.25, -0.2) is 0 Å². The van der Waals surface area contributed by atoms with E-state index in [9.17, 15) is 9.59 Å². The molecule has 0 aromatic carbocycles. The molecule has 0 spiro atoms. The second-order valence-corrected chi connectivity index (χ2v) is 9.61. The molecule has 1 aromatic heterocycles. The first kappa shape index (κ1) is 25.2. The molecule has 0 aliphatic carbocycles. The summed E-state index contributed by atoms with van der Waals surface area (Å²) in [4.78, 5) is 29.5. The maximum atomic E-state index is 13.1. The molecule has 1 rings (SSSR count). The fraction of sp³-hybridized carbons (Fsp3) is 0.739. The monoisotopic (exact) mass is 407 g/mol. The van der Waals surface area contributed by atoms with E-state index in [1.807, 2.05) is 43.8 Å². The Morgan fingerprint density at radius 2 is 1.83 bits per heavy atom. The summed E-state index contributed by atoms with van der Waals surface area (Å²) < 4.78 is 7.20. The van der Waals surface area contributed by atoms with Gasteiger partial charge in [0, 0.05) is 45.1 Å². The van der Waals surface area contributed by atoms with Crippen molar-refractivity contribution in [1.82, 2.24) is 14.4 Å². The Hall–Kier alpha value is -1.82. The molecule has 0 bridgehead atoms. The van der Waals surface area contributed by atoms with E-state index in [0.717, 1.165) is 12.1 Å². The number of ether oxygens (including phenoxy) is 1. The minimum Gasteiger partial charge on any atom is -0.383 e. The van der Waals surface area contributed by atoms with E-state index >= 15 is 0 Å². The second kappa shape index (κ2) is 11.4. The van der Waals surface area contributed by atoms with E-state index in [2.05, 4.69) is 27.7 Å². The summed E-state index contributed by atoms with van der Waals surface area (Å²) in [5.74, 6) is 0.288. The zero-order chi connectivity index (χ0) is 22.2. The minimum absolute atomic E-state index is 0.0207. The average molecular weight is 408 g/mol. The molecule has 0 saturated heterocycles. The minimum atomic E-state index is -0.0474. The number of rotatable bonds is 11. The Bertz CT molecular complexity index is 646. The van der Waals surface area contributed by atoms with E-state index in [0.29, 0.717) is 26.1 Å². The third-order valence-electron chi connectivity index (χ3n) is 5.06. The number of nitrogens with zero attached hydrogens (tertiary/aromatic N) is 3. The number of carbonyl (C=O) groups is 2. The van der Waals surface area contributed by atoms with E-state index < -0.39 is 0 Å². The molecule has 6 heteroatoms. The van der Waals surface area contributed by atoms with Gasteiger partial charge in [-0.2, -0.15) is 0 Å². The van der Waals surface area contributed by atoms with Crippen LogP contribution in [0, 0.1) is 11.3 Å². The lowest BCUT2D eigenvalue weighted by molar-refractivity contribution is -0.143. The first-order chi connectivity index (χ1) is 13.4. The van der Waals surface area contributed by atoms with E-state index in [1.165, 1.54) is 0 Å². The highest BCUT2D eigenvalue weighted by Crippen LogP contribution is 2.26. The smallest absolute Gasteiger partial charge is 0.242 e. The maximum Gasteiger partial charge on any atom is 0.242 e. The number of hydrogen-bond acceptors (Lipinski definition) is 3. The standard InChI is InChI=1S/C23H41N3O3/c1-18(2)26(21(27)14-19(3)15-23(4,5)6)17-22(28)25(12-13-29-8)16-20-10-9-11-24(20)7/h9-11,18-19H,12-17H2,1-8H3/t19-/m0/s1. The summed E-state index contributed by atoms with van der Waals surface area (Å²) >= 11 is 0. The van der Waals surface area contributed by atoms with Crippen molar-refractivity contribution in [3.05, 3.63) is 24.0 Å². The molecule has 0 N–H and O–H groups in total. The SMILES string of the molecule is COCCN(Cc1cccn1C)C(=O)CN(C(=O)C[C@H](C)CC(C)(C)C)C(C)C. The van der Waals surface area contributed by atoms with Gasteiger partial charge in [-0.1, -0.05) is 27.7 Å². The number of aryl methyl sites for hydroxylation is 1. The van der Waals surface area contributed by atoms with Crippen molar-refractivity contribution in [2.45, 2.75) is 67.0 Å². The first-order valence-electron chi connectivity index (χ1n) is 10.6. The Labute approximate surface area is 177 Å². The quantitative estimate of drug-likeness (QED) is 0.562. The number of amides is 2. The first-order valence-corrected chi connectivity index (χ1v) is 10.6. The molecular weight excluding hydrogens is 366 g/mol. The van der Waals surface area contributed by atoms with E-state index in [-0.39, 0.29) is 35.7 Å². The molecule has 2 amide bonds. The van der Waals surface area contributed by atoms with Gasteiger partial charge >= 0.3 is 0 Å². The predicted octanol–water partition coefficient (Wildman–Crippen LogP) is 3.70. The molecule has 6 nitrogen and oxygen atoms in total. The van der Waals surface area contributed by atoms with E-state index in [1.54, 1.807) is 16.9 Å². The van der Waals surface area contributed by atoms with Gasteiger partial charge in [0.1, 0.15) is 0 Å². The molecule has 1 heterocycles. The molecular formula is C23H41N3O3. The van der Waals surface area contributed by atoms with Crippen LogP contribution in [0.4, 0.5) is 0 Å². The van der Waals surface area contributed by atoms with Crippen LogP contribution in [0.25, 0.3) is 0 Å². The maximum absolute atomic E-state index is 13.1. The van der Waals surface area contributed by atoms with Crippen LogP contribution in [-0.2, 0) is 27.9 Å². The van der Waals surface area contributed by atoms with Gasteiger partial charge in [-0.15, -0.1) is 0 Å². The van der Waals surface area contributed by atoms with Crippen molar-refractivity contribution in [1.29, 1.82) is 0 Å². The van der Waals surface area contributed by atoms with Gasteiger partial charge in [0.2, 0.25) is 11.8 Å². The summed E-state index contributed by atoms with van der Waals surface area (Å²) in [5, 5.41) is 0. The van der Waals surface area contributed by atoms with Gasteiger partial charge in [0.05, 0.1) is 19.7 Å². The summed E-state index contributed by atoms with van der Waals surface area (Å²) in [7, 11) is 3.60. The zero-order valence-electron chi connectivity index (χ0n) is 19.7. The zero-order valence-corrected chi connectivity index (χ0v) is 19.7. The highest BCUT2D eigenvalue weighted by molar-refractivity contribution is 5.85. The van der Waals surface area contributed by atoms with Gasteiger partial charge in [-0.05, 0) is 43.7 Å². The lowest BCUT2D eigenvalue weighted by Crippen LogP contribution is -2.46. The van der Waals surface area contributed by atoms with E-state index in [4.69, 9.17) is 4.74 Å². The molecule has 0 aliphatic heterocycles. The summed E-state index contributed by atoms with van der Waals surface area (Å²) in [6.07, 6.45) is 3.42. The molecule has 0 saturated carbocycles. The van der Waals surface area contributed by atoms with Gasteiger partial charge in [0.25, 0.3) is 0 Å². The van der Waals surface area contributed by atoms with Crippen LogP contribution in [0.15, 0.2) is 18.3 Å². The third kappa shape index (κ3) is 9.03. The molecule has 166 valence electrons. The van der Waals surface area contributed by atoms with Crippen LogP contribution in [0.2, 0.25) is 0 Å². The second-order valence-electron chi connectivity index (χ2n) is 9.61. The van der Waals surface area contributed by atoms with Crippen molar-refractivity contribution in [3.8, 4) is 0 Å². The van der Waals surface area contributed by atoms with Crippen molar-refractivity contribution < 1.29 is 14.3 Å². The number of aromatic nitrogens is 1. The van der Waals surface area contributed by atoms with Gasteiger partial charge < -0.3 is 19.1 Å². The molecule has 0 unspecified atom stereocenters. The highest BCUT2D eigenvalue weighted by atomic mass is 16.5. The summed E-state index contributed by atoms with van der Waals surface area (Å²) in [5.41, 5.74) is 1.24. The molecule has 1 atom stereocenters. The van der Waals surface area contributed by atoms with Crippen LogP contribution >= 0.6 is 0 Å². The molecule has 1 aromatic rings. The van der Waals surface area contributed by atoms with Crippen LogP contribution < -0.4 is 0 Å². The number of methoxy groups -OCH3 is 1.